The van der Waals surface area contributed by atoms with Gasteiger partial charge >= 0.3 is 5.97 Å². The summed E-state index contributed by atoms with van der Waals surface area (Å²) < 4.78 is 44.9. The summed E-state index contributed by atoms with van der Waals surface area (Å²) in [5.74, 6) is -3.15. The zero-order valence-corrected chi connectivity index (χ0v) is 41.7. The van der Waals surface area contributed by atoms with Gasteiger partial charge in [-0.3, -0.25) is 48.1 Å². The average molecular weight is 1020 g/mol. The Hall–Kier alpha value is -7.39. The highest BCUT2D eigenvalue weighted by atomic mass is 32.3. The second-order valence-corrected chi connectivity index (χ2v) is 20.8. The van der Waals surface area contributed by atoms with Crippen LogP contribution in [0.15, 0.2) is 83.8 Å². The van der Waals surface area contributed by atoms with Gasteiger partial charge < -0.3 is 24.6 Å². The molecule has 382 valence electrons. The van der Waals surface area contributed by atoms with Gasteiger partial charge in [0.1, 0.15) is 45.3 Å². The standard InChI is InChI=1S/C53H57N7O12S/c1-30-13-15-33(39(26-48(63)64)35-23-41-50(44(24-35)70-4)58(3)57-56-41)21-36(30)28-59-27-31(2)72-43-20-32(14-17-45(43)73(59,68)69)10-7-5-6-8-19-54-47(62)29-71-37-22-34-11-9-12-38-49(34)40(25-37)53(67)60(52(38)66)42-16-18-46(61)55-51(42)65/h9,11-15,17,20-25,31,39,42,68-69H,5-8,10,16,18-19,26-29H2,1-4H3,(H,54,62)(H,63,64)(H,55,61,65)/t31-,39?,42?/m1/s1. The Bertz CT molecular complexity index is 3190. The number of carbonyl (C=O) groups is 6. The second kappa shape index (κ2) is 21.0. The number of carbonyl (C=O) groups excluding carboxylic acids is 5. The molecule has 3 atom stereocenters. The maximum Gasteiger partial charge on any atom is 0.304 e. The SMILES string of the molecule is COc1cc(C(CC(=O)O)c2ccc(C)c(CN3C[C@@H](C)Oc4cc(CCCCCCNC(=O)COc5cc6c7c(cccc7c5)C(=O)N(C5CCC(=O)NC5=O)C6=O)ccc4S3(O)O)c2)cc2nnn(C)c12. The third kappa shape index (κ3) is 10.5. The van der Waals surface area contributed by atoms with E-state index in [1.54, 1.807) is 53.5 Å². The molecular formula is C53H57N7O12S. The summed E-state index contributed by atoms with van der Waals surface area (Å²) in [6, 6.07) is 21.9. The molecule has 73 heavy (non-hydrogen) atoms. The molecule has 0 radical (unpaired) electrons. The van der Waals surface area contributed by atoms with Crippen molar-refractivity contribution in [3.63, 3.8) is 0 Å². The minimum absolute atomic E-state index is 0.000936. The number of amides is 5. The maximum atomic E-state index is 13.7. The van der Waals surface area contributed by atoms with Gasteiger partial charge in [-0.15, -0.1) is 15.9 Å². The fourth-order valence-electron chi connectivity index (χ4n) is 10.00. The highest BCUT2D eigenvalue weighted by Crippen LogP contribution is 2.58. The summed E-state index contributed by atoms with van der Waals surface area (Å²) in [4.78, 5) is 77.8. The number of carboxylic acids is 1. The van der Waals surface area contributed by atoms with Crippen LogP contribution in [0.25, 0.3) is 21.8 Å². The van der Waals surface area contributed by atoms with Gasteiger partial charge in [-0.05, 0) is 115 Å². The highest BCUT2D eigenvalue weighted by molar-refractivity contribution is 8.22. The number of fused-ring (bicyclic) bond motifs is 2. The van der Waals surface area contributed by atoms with E-state index in [9.17, 15) is 43.0 Å². The van der Waals surface area contributed by atoms with Crippen LogP contribution in [-0.4, -0.2) is 113 Å². The van der Waals surface area contributed by atoms with Gasteiger partial charge in [0.05, 0.1) is 25.6 Å². The number of benzene rings is 5. The lowest BCUT2D eigenvalue weighted by Crippen LogP contribution is -2.57. The van der Waals surface area contributed by atoms with Crippen LogP contribution in [0.4, 0.5) is 0 Å². The molecule has 1 fully saturated rings. The minimum atomic E-state index is -3.52. The highest BCUT2D eigenvalue weighted by Gasteiger charge is 2.43. The quantitative estimate of drug-likeness (QED) is 0.0427. The Kier molecular flexibility index (Phi) is 14.5. The molecule has 3 aliphatic heterocycles. The van der Waals surface area contributed by atoms with Crippen molar-refractivity contribution in [3.05, 3.63) is 118 Å². The zero-order chi connectivity index (χ0) is 51.7. The van der Waals surface area contributed by atoms with Crippen LogP contribution in [0.1, 0.15) is 106 Å². The molecule has 0 bridgehead atoms. The molecule has 6 aromatic rings. The predicted octanol–water partition coefficient (Wildman–Crippen LogP) is 7.05. The lowest BCUT2D eigenvalue weighted by atomic mass is 9.86. The van der Waals surface area contributed by atoms with Gasteiger partial charge in [-0.1, -0.05) is 54.5 Å². The van der Waals surface area contributed by atoms with Gasteiger partial charge in [0, 0.05) is 43.4 Å². The molecule has 20 heteroatoms. The van der Waals surface area contributed by atoms with Crippen LogP contribution in [0.2, 0.25) is 0 Å². The summed E-state index contributed by atoms with van der Waals surface area (Å²) in [7, 11) is -0.211. The van der Waals surface area contributed by atoms with Crippen LogP contribution in [0.5, 0.6) is 17.2 Å². The number of imide groups is 2. The summed E-state index contributed by atoms with van der Waals surface area (Å²) >= 11 is 0. The number of carboxylic acid groups (broad SMARTS) is 1. The van der Waals surface area contributed by atoms with E-state index < -0.39 is 52.3 Å². The number of methoxy groups -OCH3 is 1. The summed E-state index contributed by atoms with van der Waals surface area (Å²) in [5, 5.41) is 24.5. The Morgan fingerprint density at radius 2 is 1.74 bits per heavy atom. The summed E-state index contributed by atoms with van der Waals surface area (Å²) in [6.07, 6.45) is 3.47. The fourth-order valence-corrected chi connectivity index (χ4v) is 11.6. The number of ether oxygens (including phenoxy) is 3. The number of unbranched alkanes of at least 4 members (excludes halogenated alkanes) is 3. The zero-order valence-electron chi connectivity index (χ0n) is 40.9. The minimum Gasteiger partial charge on any atom is -0.494 e. The number of aryl methyl sites for hydroxylation is 3. The Morgan fingerprint density at radius 1 is 0.945 bits per heavy atom. The third-order valence-corrected chi connectivity index (χ3v) is 15.6. The number of nitrogens with zero attached hydrogens (tertiary/aromatic N) is 5. The first kappa shape index (κ1) is 50.5. The Labute approximate surface area is 422 Å². The van der Waals surface area contributed by atoms with E-state index in [-0.39, 0.29) is 67.8 Å². The van der Waals surface area contributed by atoms with Crippen LogP contribution in [0.3, 0.4) is 0 Å². The largest absolute Gasteiger partial charge is 0.494 e. The number of hydrogen-bond donors (Lipinski definition) is 5. The number of hydrogen-bond acceptors (Lipinski definition) is 14. The number of rotatable bonds is 18. The van der Waals surface area contributed by atoms with Crippen molar-refractivity contribution in [2.45, 2.75) is 94.7 Å². The monoisotopic (exact) mass is 1020 g/mol. The van der Waals surface area contributed by atoms with Crippen LogP contribution in [0, 0.1) is 6.92 Å². The molecule has 5 amide bonds. The van der Waals surface area contributed by atoms with Crippen molar-refractivity contribution in [1.29, 1.82) is 0 Å². The molecular weight excluding hydrogens is 959 g/mol. The number of aliphatic carboxylic acids is 1. The first-order chi connectivity index (χ1) is 35.0. The second-order valence-electron chi connectivity index (χ2n) is 18.8. The van der Waals surface area contributed by atoms with E-state index in [0.29, 0.717) is 50.3 Å². The molecule has 1 saturated heterocycles. The Balaban J connectivity index is 0.770. The number of piperidine rings is 1. The lowest BCUT2D eigenvalue weighted by molar-refractivity contribution is -0.138. The normalized spacial score (nSPS) is 18.4. The van der Waals surface area contributed by atoms with Gasteiger partial charge in [0.2, 0.25) is 11.8 Å². The van der Waals surface area contributed by atoms with Crippen LogP contribution >= 0.6 is 10.8 Å². The first-order valence-corrected chi connectivity index (χ1v) is 25.7. The molecule has 5 aromatic carbocycles. The maximum absolute atomic E-state index is 13.7. The van der Waals surface area contributed by atoms with Crippen molar-refractivity contribution in [1.82, 2.24) is 34.8 Å². The Morgan fingerprint density at radius 3 is 2.52 bits per heavy atom. The smallest absolute Gasteiger partial charge is 0.304 e. The third-order valence-electron chi connectivity index (χ3n) is 13.7. The van der Waals surface area contributed by atoms with Gasteiger partial charge in [-0.25, -0.2) is 4.68 Å². The molecule has 0 saturated carbocycles. The van der Waals surface area contributed by atoms with Crippen molar-refractivity contribution in [3.8, 4) is 17.2 Å². The van der Waals surface area contributed by atoms with Gasteiger partial charge in [0.15, 0.2) is 6.61 Å². The van der Waals surface area contributed by atoms with Gasteiger partial charge in [-0.2, -0.15) is 4.31 Å². The molecule has 2 unspecified atom stereocenters. The van der Waals surface area contributed by atoms with E-state index >= 15 is 0 Å². The predicted molar refractivity (Wildman–Crippen MR) is 270 cm³/mol. The van der Waals surface area contributed by atoms with E-state index in [1.807, 2.05) is 56.3 Å². The number of nitrogens with one attached hydrogen (secondary N) is 2. The van der Waals surface area contributed by atoms with Crippen molar-refractivity contribution < 1.29 is 57.2 Å². The molecule has 9 rings (SSSR count). The molecule has 0 spiro atoms. The van der Waals surface area contributed by atoms with E-state index in [1.165, 1.54) is 6.07 Å². The first-order valence-electron chi connectivity index (χ1n) is 24.2. The van der Waals surface area contributed by atoms with Crippen molar-refractivity contribution in [2.75, 3.05) is 26.8 Å². The summed E-state index contributed by atoms with van der Waals surface area (Å²) in [6.45, 7) is 4.34. The molecule has 4 heterocycles. The van der Waals surface area contributed by atoms with E-state index in [0.717, 1.165) is 59.3 Å². The van der Waals surface area contributed by atoms with Crippen molar-refractivity contribution >= 4 is 68.1 Å². The van der Waals surface area contributed by atoms with Crippen LogP contribution < -0.4 is 24.8 Å². The average Bonchev–Trinajstić information content (AvgIpc) is 3.70. The van der Waals surface area contributed by atoms with Crippen molar-refractivity contribution in [2.24, 2.45) is 7.05 Å². The van der Waals surface area contributed by atoms with E-state index in [4.69, 9.17) is 14.2 Å². The molecule has 0 aliphatic carbocycles. The van der Waals surface area contributed by atoms with Crippen LogP contribution in [-0.2, 0) is 39.2 Å². The summed E-state index contributed by atoms with van der Waals surface area (Å²) in [5.41, 5.74) is 5.84. The molecule has 5 N–H and O–H groups in total. The topological polar surface area (TPSA) is 252 Å². The molecule has 1 aromatic heterocycles. The van der Waals surface area contributed by atoms with Gasteiger partial charge in [0.25, 0.3) is 17.7 Å². The lowest BCUT2D eigenvalue weighted by Gasteiger charge is -2.42. The molecule has 19 nitrogen and oxygen atoms in total. The van der Waals surface area contributed by atoms with E-state index in [2.05, 4.69) is 20.9 Å². The molecule has 3 aliphatic rings. The fraction of sp³-hybridized carbons (Fsp3) is 0.358. The number of aromatic nitrogens is 3.